The maximum Gasteiger partial charge on any atom is 0.246 e. The average Bonchev–Trinajstić information content (AvgIpc) is 3.40. The van der Waals surface area contributed by atoms with E-state index in [2.05, 4.69) is 57.5 Å². The Morgan fingerprint density at radius 2 is 2.03 bits per heavy atom. The highest BCUT2D eigenvalue weighted by Crippen LogP contribution is 2.21. The molecule has 0 aliphatic carbocycles. The van der Waals surface area contributed by atoms with Gasteiger partial charge in [-0.3, -0.25) is 19.4 Å². The molecule has 2 aliphatic heterocycles. The van der Waals surface area contributed by atoms with E-state index in [1.807, 2.05) is 18.1 Å². The standard InChI is InChI=1S/C23H33N7O.HI/c1-3-24-23(29-12-13-30(22(31)18-29)21-15-26-27(2)17-21)25-14-20-10-7-11-28(20)16-19-8-5-4-6-9-19;/h4-6,8-9,15,17,20H,3,7,10-14,16,18H2,1-2H3,(H,24,25);1H. The van der Waals surface area contributed by atoms with Crippen LogP contribution in [0.2, 0.25) is 0 Å². The van der Waals surface area contributed by atoms with Crippen molar-refractivity contribution in [3.8, 4) is 0 Å². The summed E-state index contributed by atoms with van der Waals surface area (Å²) < 4.78 is 1.73. The van der Waals surface area contributed by atoms with Crippen LogP contribution in [-0.4, -0.2) is 76.8 Å². The first-order valence-corrected chi connectivity index (χ1v) is 11.2. The molecule has 0 bridgehead atoms. The molecule has 174 valence electrons. The minimum atomic E-state index is 0. The molecule has 32 heavy (non-hydrogen) atoms. The monoisotopic (exact) mass is 551 g/mol. The van der Waals surface area contributed by atoms with Crippen LogP contribution < -0.4 is 10.2 Å². The number of rotatable bonds is 6. The molecule has 1 unspecified atom stereocenters. The molecule has 0 saturated carbocycles. The predicted molar refractivity (Wildman–Crippen MR) is 138 cm³/mol. The number of guanidine groups is 1. The number of carbonyl (C=O) groups is 1. The first-order valence-electron chi connectivity index (χ1n) is 11.2. The van der Waals surface area contributed by atoms with Crippen LogP contribution in [0.5, 0.6) is 0 Å². The number of nitrogens with zero attached hydrogens (tertiary/aromatic N) is 6. The van der Waals surface area contributed by atoms with E-state index in [9.17, 15) is 4.79 Å². The molecule has 4 rings (SSSR count). The first kappa shape index (κ1) is 24.5. The molecule has 8 nitrogen and oxygen atoms in total. The van der Waals surface area contributed by atoms with E-state index in [-0.39, 0.29) is 29.9 Å². The quantitative estimate of drug-likeness (QED) is 0.339. The van der Waals surface area contributed by atoms with E-state index < -0.39 is 0 Å². The lowest BCUT2D eigenvalue weighted by Gasteiger charge is -2.35. The van der Waals surface area contributed by atoms with Crippen molar-refractivity contribution in [3.63, 3.8) is 0 Å². The lowest BCUT2D eigenvalue weighted by atomic mass is 10.2. The smallest absolute Gasteiger partial charge is 0.246 e. The number of anilines is 1. The Hall–Kier alpha value is -2.14. The summed E-state index contributed by atoms with van der Waals surface area (Å²) in [4.78, 5) is 24.2. The Balaban J connectivity index is 0.00000289. The van der Waals surface area contributed by atoms with Crippen LogP contribution in [0.1, 0.15) is 25.3 Å². The molecule has 1 aromatic carbocycles. The summed E-state index contributed by atoms with van der Waals surface area (Å²) >= 11 is 0. The number of aryl methyl sites for hydroxylation is 1. The van der Waals surface area contributed by atoms with Crippen LogP contribution in [0.15, 0.2) is 47.7 Å². The van der Waals surface area contributed by atoms with Crippen LogP contribution >= 0.6 is 24.0 Å². The Morgan fingerprint density at radius 1 is 1.22 bits per heavy atom. The number of aromatic nitrogens is 2. The van der Waals surface area contributed by atoms with Gasteiger partial charge in [0, 0.05) is 45.5 Å². The summed E-state index contributed by atoms with van der Waals surface area (Å²) in [6.45, 7) is 7.43. The summed E-state index contributed by atoms with van der Waals surface area (Å²) in [5.74, 6) is 0.921. The van der Waals surface area contributed by atoms with Gasteiger partial charge in [0.1, 0.15) is 6.54 Å². The Kier molecular flexibility index (Phi) is 8.92. The van der Waals surface area contributed by atoms with Crippen LogP contribution in [0.4, 0.5) is 5.69 Å². The van der Waals surface area contributed by atoms with Gasteiger partial charge in [-0.25, -0.2) is 0 Å². The summed E-state index contributed by atoms with van der Waals surface area (Å²) in [5, 5.41) is 7.58. The van der Waals surface area contributed by atoms with Gasteiger partial charge in [-0.05, 0) is 31.9 Å². The fraction of sp³-hybridized carbons (Fsp3) is 0.522. The van der Waals surface area contributed by atoms with Crippen molar-refractivity contribution in [3.05, 3.63) is 48.3 Å². The number of carbonyl (C=O) groups excluding carboxylic acids is 1. The highest BCUT2D eigenvalue weighted by Gasteiger charge is 2.29. The molecule has 3 heterocycles. The fourth-order valence-corrected chi connectivity index (χ4v) is 4.42. The SMILES string of the molecule is CCNC(=NCC1CCCN1Cc1ccccc1)N1CCN(c2cnn(C)c2)C(=O)C1.I. The molecule has 2 aliphatic rings. The largest absolute Gasteiger partial charge is 0.357 e. The number of aliphatic imine (C=N–C) groups is 1. The van der Waals surface area contributed by atoms with Crippen molar-refractivity contribution < 1.29 is 4.79 Å². The number of hydrogen-bond donors (Lipinski definition) is 1. The van der Waals surface area contributed by atoms with Crippen molar-refractivity contribution in [1.82, 2.24) is 24.9 Å². The maximum atomic E-state index is 12.8. The van der Waals surface area contributed by atoms with E-state index in [0.717, 1.165) is 44.4 Å². The van der Waals surface area contributed by atoms with Crippen LogP contribution in [0.3, 0.4) is 0 Å². The van der Waals surface area contributed by atoms with Gasteiger partial charge in [0.15, 0.2) is 5.96 Å². The number of amides is 1. The molecule has 1 N–H and O–H groups in total. The number of benzene rings is 1. The van der Waals surface area contributed by atoms with Crippen molar-refractivity contribution in [2.24, 2.45) is 12.0 Å². The molecule has 2 fully saturated rings. The Morgan fingerprint density at radius 3 is 2.72 bits per heavy atom. The minimum absolute atomic E-state index is 0. The molecular formula is C23H34IN7O. The van der Waals surface area contributed by atoms with Crippen molar-refractivity contribution >= 4 is 41.5 Å². The second-order valence-electron chi connectivity index (χ2n) is 8.29. The normalized spacial score (nSPS) is 19.9. The van der Waals surface area contributed by atoms with Crippen molar-refractivity contribution in [2.75, 3.05) is 44.2 Å². The highest BCUT2D eigenvalue weighted by molar-refractivity contribution is 14.0. The number of nitrogens with one attached hydrogen (secondary N) is 1. The molecule has 0 radical (unpaired) electrons. The van der Waals surface area contributed by atoms with Gasteiger partial charge in [-0.1, -0.05) is 30.3 Å². The molecule has 1 amide bonds. The zero-order valence-corrected chi connectivity index (χ0v) is 21.3. The molecular weight excluding hydrogens is 517 g/mol. The van der Waals surface area contributed by atoms with Crippen molar-refractivity contribution in [1.29, 1.82) is 0 Å². The molecule has 1 aromatic heterocycles. The third-order valence-electron chi connectivity index (χ3n) is 6.04. The summed E-state index contributed by atoms with van der Waals surface area (Å²) in [5.41, 5.74) is 2.21. The van der Waals surface area contributed by atoms with E-state index in [4.69, 9.17) is 4.99 Å². The Bertz CT molecular complexity index is 901. The predicted octanol–water partition coefficient (Wildman–Crippen LogP) is 2.32. The summed E-state index contributed by atoms with van der Waals surface area (Å²) in [6.07, 6.45) is 6.01. The minimum Gasteiger partial charge on any atom is -0.357 e. The fourth-order valence-electron chi connectivity index (χ4n) is 4.42. The highest BCUT2D eigenvalue weighted by atomic mass is 127. The molecule has 9 heteroatoms. The van der Waals surface area contributed by atoms with E-state index in [1.165, 1.54) is 18.4 Å². The second-order valence-corrected chi connectivity index (χ2v) is 8.29. The lowest BCUT2D eigenvalue weighted by Crippen LogP contribution is -2.55. The van der Waals surface area contributed by atoms with Crippen LogP contribution in [0.25, 0.3) is 0 Å². The van der Waals surface area contributed by atoms with Crippen LogP contribution in [-0.2, 0) is 18.4 Å². The van der Waals surface area contributed by atoms with Gasteiger partial charge >= 0.3 is 0 Å². The van der Waals surface area contributed by atoms with Gasteiger partial charge in [0.05, 0.1) is 18.4 Å². The number of piperazine rings is 1. The maximum absolute atomic E-state index is 12.8. The average molecular weight is 551 g/mol. The molecule has 0 spiro atoms. The third-order valence-corrected chi connectivity index (χ3v) is 6.04. The summed E-state index contributed by atoms with van der Waals surface area (Å²) in [6, 6.07) is 11.1. The first-order chi connectivity index (χ1) is 15.1. The van der Waals surface area contributed by atoms with E-state index in [0.29, 0.717) is 19.1 Å². The van der Waals surface area contributed by atoms with Gasteiger partial charge < -0.3 is 15.1 Å². The van der Waals surface area contributed by atoms with Gasteiger partial charge in [-0.15, -0.1) is 24.0 Å². The van der Waals surface area contributed by atoms with Gasteiger partial charge in [-0.2, -0.15) is 5.10 Å². The van der Waals surface area contributed by atoms with Crippen molar-refractivity contribution in [2.45, 2.75) is 32.4 Å². The zero-order chi connectivity index (χ0) is 21.6. The number of halogens is 1. The van der Waals surface area contributed by atoms with E-state index in [1.54, 1.807) is 10.9 Å². The molecule has 2 saturated heterocycles. The lowest BCUT2D eigenvalue weighted by molar-refractivity contribution is -0.120. The molecule has 1 atom stereocenters. The number of likely N-dealkylation sites (tertiary alicyclic amines) is 1. The van der Waals surface area contributed by atoms with E-state index >= 15 is 0 Å². The van der Waals surface area contributed by atoms with Gasteiger partial charge in [0.2, 0.25) is 5.91 Å². The summed E-state index contributed by atoms with van der Waals surface area (Å²) in [7, 11) is 1.87. The third kappa shape index (κ3) is 6.00. The number of hydrogen-bond acceptors (Lipinski definition) is 4. The molecule has 2 aromatic rings. The van der Waals surface area contributed by atoms with Gasteiger partial charge in [0.25, 0.3) is 0 Å². The topological polar surface area (TPSA) is 69.0 Å². The second kappa shape index (κ2) is 11.6. The van der Waals surface area contributed by atoms with Crippen LogP contribution in [0, 0.1) is 0 Å². The Labute approximate surface area is 207 Å². The zero-order valence-electron chi connectivity index (χ0n) is 19.0.